The van der Waals surface area contributed by atoms with Gasteiger partial charge in [0.25, 0.3) is 5.91 Å². The normalized spacial score (nSPS) is 18.5. The Morgan fingerprint density at radius 2 is 1.72 bits per heavy atom. The van der Waals surface area contributed by atoms with Crippen LogP contribution in [0.1, 0.15) is 41.6 Å². The highest BCUT2D eigenvalue weighted by Crippen LogP contribution is 2.25. The first kappa shape index (κ1) is 22.3. The van der Waals surface area contributed by atoms with Gasteiger partial charge in [0.1, 0.15) is 0 Å². The maximum absolute atomic E-state index is 13.0. The molecule has 32 heavy (non-hydrogen) atoms. The zero-order chi connectivity index (χ0) is 22.6. The van der Waals surface area contributed by atoms with Gasteiger partial charge >= 0.3 is 0 Å². The van der Waals surface area contributed by atoms with Gasteiger partial charge in [-0.3, -0.25) is 13.9 Å². The maximum atomic E-state index is 13.0. The van der Waals surface area contributed by atoms with E-state index in [1.54, 1.807) is 29.2 Å². The van der Waals surface area contributed by atoms with Crippen molar-refractivity contribution >= 4 is 27.5 Å². The molecule has 0 bridgehead atoms. The predicted octanol–water partition coefficient (Wildman–Crippen LogP) is 2.58. The molecular weight excluding hydrogens is 426 g/mol. The molecule has 2 fully saturated rings. The number of benzene rings is 2. The van der Waals surface area contributed by atoms with Crippen molar-refractivity contribution in [3.8, 4) is 0 Å². The lowest BCUT2D eigenvalue weighted by Crippen LogP contribution is -2.46. The Bertz CT molecular complexity index is 1060. The van der Waals surface area contributed by atoms with Crippen molar-refractivity contribution in [2.24, 2.45) is 0 Å². The van der Waals surface area contributed by atoms with Crippen molar-refractivity contribution in [1.29, 1.82) is 0 Å². The molecule has 0 aliphatic carbocycles. The zero-order valence-electron chi connectivity index (χ0n) is 18.1. The zero-order valence-corrected chi connectivity index (χ0v) is 18.9. The van der Waals surface area contributed by atoms with E-state index in [-0.39, 0.29) is 23.6 Å². The number of piperidine rings is 1. The van der Waals surface area contributed by atoms with Gasteiger partial charge in [-0.2, -0.15) is 0 Å². The third kappa shape index (κ3) is 5.30. The summed E-state index contributed by atoms with van der Waals surface area (Å²) in [6.45, 7) is 1.58. The van der Waals surface area contributed by atoms with E-state index in [0.29, 0.717) is 63.0 Å². The summed E-state index contributed by atoms with van der Waals surface area (Å²) in [6, 6.07) is 16.9. The highest BCUT2D eigenvalue weighted by molar-refractivity contribution is 7.93. The molecular formula is C24H29N3O4S. The van der Waals surface area contributed by atoms with Gasteiger partial charge < -0.3 is 10.2 Å². The molecule has 4 rings (SSSR count). The van der Waals surface area contributed by atoms with Crippen LogP contribution >= 0.6 is 0 Å². The molecule has 8 heteroatoms. The number of hydrogen-bond donors (Lipinski definition) is 1. The summed E-state index contributed by atoms with van der Waals surface area (Å²) in [6.07, 6.45) is 3.19. The summed E-state index contributed by atoms with van der Waals surface area (Å²) in [4.78, 5) is 27.1. The topological polar surface area (TPSA) is 86.8 Å². The molecule has 170 valence electrons. The maximum Gasteiger partial charge on any atom is 0.253 e. The summed E-state index contributed by atoms with van der Waals surface area (Å²) in [7, 11) is -3.28. The van der Waals surface area contributed by atoms with Gasteiger partial charge in [-0.15, -0.1) is 0 Å². The first-order valence-corrected chi connectivity index (χ1v) is 12.8. The van der Waals surface area contributed by atoms with Gasteiger partial charge in [0.05, 0.1) is 11.4 Å². The summed E-state index contributed by atoms with van der Waals surface area (Å²) < 4.78 is 25.8. The lowest BCUT2D eigenvalue weighted by Gasteiger charge is -2.32. The van der Waals surface area contributed by atoms with Crippen LogP contribution in [-0.4, -0.2) is 56.6 Å². The van der Waals surface area contributed by atoms with E-state index in [1.807, 2.05) is 30.3 Å². The number of nitrogens with one attached hydrogen (secondary N) is 1. The lowest BCUT2D eigenvalue weighted by atomic mass is 10.0. The molecule has 2 aromatic carbocycles. The van der Waals surface area contributed by atoms with Gasteiger partial charge in [0.2, 0.25) is 15.9 Å². The Morgan fingerprint density at radius 3 is 2.41 bits per heavy atom. The average molecular weight is 456 g/mol. The number of amides is 2. The van der Waals surface area contributed by atoms with Crippen molar-refractivity contribution < 1.29 is 18.0 Å². The third-order valence-electron chi connectivity index (χ3n) is 6.11. The van der Waals surface area contributed by atoms with E-state index >= 15 is 0 Å². The number of anilines is 1. The number of aryl methyl sites for hydroxylation is 1. The minimum Gasteiger partial charge on any atom is -0.353 e. The Morgan fingerprint density at radius 1 is 0.969 bits per heavy atom. The fourth-order valence-electron chi connectivity index (χ4n) is 4.34. The number of carbonyl (C=O) groups excluding carboxylic acids is 2. The average Bonchev–Trinajstić information content (AvgIpc) is 3.17. The van der Waals surface area contributed by atoms with Crippen LogP contribution in [0, 0.1) is 0 Å². The molecule has 0 unspecified atom stereocenters. The van der Waals surface area contributed by atoms with Gasteiger partial charge in [0.15, 0.2) is 0 Å². The minimum absolute atomic E-state index is 0.0400. The molecule has 0 atom stereocenters. The summed E-state index contributed by atoms with van der Waals surface area (Å²) in [5, 5.41) is 3.09. The van der Waals surface area contributed by atoms with Crippen molar-refractivity contribution in [3.63, 3.8) is 0 Å². The molecule has 2 heterocycles. The van der Waals surface area contributed by atoms with Gasteiger partial charge in [-0.25, -0.2) is 8.42 Å². The van der Waals surface area contributed by atoms with Crippen LogP contribution in [0.15, 0.2) is 54.6 Å². The third-order valence-corrected chi connectivity index (χ3v) is 7.98. The van der Waals surface area contributed by atoms with E-state index in [4.69, 9.17) is 0 Å². The van der Waals surface area contributed by atoms with Crippen LogP contribution in [-0.2, 0) is 21.2 Å². The van der Waals surface area contributed by atoms with Crippen LogP contribution < -0.4 is 9.62 Å². The summed E-state index contributed by atoms with van der Waals surface area (Å²) in [5.41, 5.74) is 2.19. The Balaban J connectivity index is 1.28. The molecule has 0 radical (unpaired) electrons. The highest BCUT2D eigenvalue weighted by Gasteiger charge is 2.30. The smallest absolute Gasteiger partial charge is 0.253 e. The number of likely N-dealkylation sites (tertiary alicyclic amines) is 1. The second-order valence-corrected chi connectivity index (χ2v) is 10.4. The molecule has 7 nitrogen and oxygen atoms in total. The van der Waals surface area contributed by atoms with E-state index in [0.717, 1.165) is 5.56 Å². The lowest BCUT2D eigenvalue weighted by molar-refractivity contribution is -0.122. The molecule has 2 aliphatic rings. The van der Waals surface area contributed by atoms with Crippen LogP contribution in [0.25, 0.3) is 0 Å². The second-order valence-electron chi connectivity index (χ2n) is 8.41. The SMILES string of the molecule is O=C(CCc1ccccc1)NC1CCN(C(=O)c2cccc(N3CCCS3(=O)=O)c2)CC1. The number of nitrogens with zero attached hydrogens (tertiary/aromatic N) is 2. The van der Waals surface area contributed by atoms with E-state index < -0.39 is 10.0 Å². The fraction of sp³-hybridized carbons (Fsp3) is 0.417. The van der Waals surface area contributed by atoms with Crippen molar-refractivity contribution in [3.05, 3.63) is 65.7 Å². The minimum atomic E-state index is -3.28. The predicted molar refractivity (Wildman–Crippen MR) is 124 cm³/mol. The number of rotatable bonds is 6. The second kappa shape index (κ2) is 9.73. The van der Waals surface area contributed by atoms with Gasteiger partial charge in [0, 0.05) is 37.7 Å². The Kier molecular flexibility index (Phi) is 6.79. The summed E-state index contributed by atoms with van der Waals surface area (Å²) >= 11 is 0. The molecule has 1 N–H and O–H groups in total. The molecule has 2 saturated heterocycles. The molecule has 2 aromatic rings. The molecule has 0 saturated carbocycles. The Hall–Kier alpha value is -2.87. The number of carbonyl (C=O) groups is 2. The van der Waals surface area contributed by atoms with Gasteiger partial charge in [-0.1, -0.05) is 36.4 Å². The summed E-state index contributed by atoms with van der Waals surface area (Å²) in [5.74, 6) is 0.0888. The standard InChI is InChI=1S/C24H29N3O4S/c28-23(11-10-19-6-2-1-3-7-19)25-21-12-15-26(16-13-21)24(29)20-8-4-9-22(18-20)27-14-5-17-32(27,30)31/h1-4,6-9,18,21H,5,10-17H2,(H,25,28). The fourth-order valence-corrected chi connectivity index (χ4v) is 5.89. The van der Waals surface area contributed by atoms with E-state index in [9.17, 15) is 18.0 Å². The molecule has 2 amide bonds. The molecule has 0 aromatic heterocycles. The Labute approximate surface area is 189 Å². The molecule has 0 spiro atoms. The van der Waals surface area contributed by atoms with Crippen LogP contribution in [0.5, 0.6) is 0 Å². The van der Waals surface area contributed by atoms with Crippen LogP contribution in [0.2, 0.25) is 0 Å². The largest absolute Gasteiger partial charge is 0.353 e. The molecule has 2 aliphatic heterocycles. The van der Waals surface area contributed by atoms with Crippen molar-refractivity contribution in [2.75, 3.05) is 29.7 Å². The van der Waals surface area contributed by atoms with E-state index in [1.165, 1.54) is 4.31 Å². The van der Waals surface area contributed by atoms with Crippen molar-refractivity contribution in [1.82, 2.24) is 10.2 Å². The number of sulfonamides is 1. The van der Waals surface area contributed by atoms with Crippen molar-refractivity contribution in [2.45, 2.75) is 38.1 Å². The first-order chi connectivity index (χ1) is 15.4. The quantitative estimate of drug-likeness (QED) is 0.725. The number of hydrogen-bond acceptors (Lipinski definition) is 4. The van der Waals surface area contributed by atoms with Crippen LogP contribution in [0.4, 0.5) is 5.69 Å². The van der Waals surface area contributed by atoms with Gasteiger partial charge in [-0.05, 0) is 49.4 Å². The highest BCUT2D eigenvalue weighted by atomic mass is 32.2. The van der Waals surface area contributed by atoms with Crippen LogP contribution in [0.3, 0.4) is 0 Å². The van der Waals surface area contributed by atoms with E-state index in [2.05, 4.69) is 5.32 Å². The monoisotopic (exact) mass is 455 g/mol. The first-order valence-electron chi connectivity index (χ1n) is 11.2.